The molecule has 0 unspecified atom stereocenters. The summed E-state index contributed by atoms with van der Waals surface area (Å²) in [6, 6.07) is 8.72. The monoisotopic (exact) mass is 314 g/mol. The third kappa shape index (κ3) is 3.23. The molecule has 2 rings (SSSR count). The Labute approximate surface area is 114 Å². The molecule has 0 aliphatic carbocycles. The fourth-order valence-corrected chi connectivity index (χ4v) is 2.08. The number of rotatable bonds is 4. The van der Waals surface area contributed by atoms with Gasteiger partial charge in [-0.05, 0) is 17.7 Å². The first-order valence-corrected chi connectivity index (χ1v) is 6.48. The molecule has 0 radical (unpaired) electrons. The number of aromatic nitrogens is 1. The Morgan fingerprint density at radius 1 is 1.47 bits per heavy atom. The fourth-order valence-electron chi connectivity index (χ4n) is 1.51. The predicted octanol–water partition coefficient (Wildman–Crippen LogP) is 3.81. The van der Waals surface area contributed by atoms with Gasteiger partial charge in [-0.25, -0.2) is 0 Å². The summed E-state index contributed by atoms with van der Waals surface area (Å²) in [7, 11) is 1.94. The van der Waals surface area contributed by atoms with E-state index < -0.39 is 0 Å². The third-order valence-electron chi connectivity index (χ3n) is 2.31. The molecule has 90 valence electrons. The van der Waals surface area contributed by atoms with Crippen molar-refractivity contribution in [1.82, 2.24) is 4.98 Å². The molecule has 0 saturated heterocycles. The van der Waals surface area contributed by atoms with Crippen molar-refractivity contribution in [3.63, 3.8) is 0 Å². The van der Waals surface area contributed by atoms with E-state index in [9.17, 15) is 0 Å². The van der Waals surface area contributed by atoms with Crippen LogP contribution in [-0.4, -0.2) is 12.0 Å². The van der Waals surface area contributed by atoms with Gasteiger partial charge in [-0.3, -0.25) is 0 Å². The molecule has 1 aromatic carbocycles. The number of nitrogens with zero attached hydrogens (tertiary/aromatic N) is 2. The zero-order chi connectivity index (χ0) is 12.3. The first-order chi connectivity index (χ1) is 8.19. The van der Waals surface area contributed by atoms with Gasteiger partial charge in [0.15, 0.2) is 0 Å². The molecular formula is C12H12BrClN2O. The minimum atomic E-state index is 0.369. The number of hydrogen-bond donors (Lipinski definition) is 0. The zero-order valence-corrected chi connectivity index (χ0v) is 11.7. The molecule has 2 aromatic rings. The van der Waals surface area contributed by atoms with Gasteiger partial charge in [0.1, 0.15) is 6.26 Å². The first-order valence-electron chi connectivity index (χ1n) is 5.15. The van der Waals surface area contributed by atoms with E-state index in [1.165, 1.54) is 5.56 Å². The van der Waals surface area contributed by atoms with E-state index >= 15 is 0 Å². The summed E-state index contributed by atoms with van der Waals surface area (Å²) in [4.78, 5) is 6.21. The molecule has 0 atom stereocenters. The lowest BCUT2D eigenvalue weighted by atomic mass is 10.2. The van der Waals surface area contributed by atoms with Crippen molar-refractivity contribution >= 4 is 33.5 Å². The largest absolute Gasteiger partial charge is 0.432 e. The summed E-state index contributed by atoms with van der Waals surface area (Å²) < 4.78 is 6.41. The Hall–Kier alpha value is -1.00. The van der Waals surface area contributed by atoms with Crippen LogP contribution in [0.4, 0.5) is 6.01 Å². The second-order valence-electron chi connectivity index (χ2n) is 3.74. The first kappa shape index (κ1) is 12.5. The van der Waals surface area contributed by atoms with Crippen LogP contribution in [0.1, 0.15) is 11.3 Å². The van der Waals surface area contributed by atoms with Crippen LogP contribution in [0, 0.1) is 0 Å². The van der Waals surface area contributed by atoms with Crippen LogP contribution >= 0.6 is 27.5 Å². The van der Waals surface area contributed by atoms with E-state index in [0.29, 0.717) is 11.9 Å². The van der Waals surface area contributed by atoms with Crippen LogP contribution in [0.2, 0.25) is 0 Å². The molecule has 0 fully saturated rings. The number of hydrogen-bond acceptors (Lipinski definition) is 3. The summed E-state index contributed by atoms with van der Waals surface area (Å²) in [6.45, 7) is 0.738. The smallest absolute Gasteiger partial charge is 0.297 e. The van der Waals surface area contributed by atoms with Gasteiger partial charge in [-0.1, -0.05) is 28.1 Å². The van der Waals surface area contributed by atoms with Crippen molar-refractivity contribution < 1.29 is 4.42 Å². The average molecular weight is 316 g/mol. The highest BCUT2D eigenvalue weighted by Crippen LogP contribution is 2.18. The summed E-state index contributed by atoms with van der Waals surface area (Å²) in [5.41, 5.74) is 1.94. The molecule has 0 aliphatic heterocycles. The van der Waals surface area contributed by atoms with Crippen LogP contribution in [-0.2, 0) is 12.4 Å². The fraction of sp³-hybridized carbons (Fsp3) is 0.250. The minimum Gasteiger partial charge on any atom is -0.432 e. The molecule has 0 amide bonds. The lowest BCUT2D eigenvalue weighted by Crippen LogP contribution is -2.16. The summed E-state index contributed by atoms with van der Waals surface area (Å²) in [5.74, 6) is 0.369. The van der Waals surface area contributed by atoms with Gasteiger partial charge < -0.3 is 9.32 Å². The lowest BCUT2D eigenvalue weighted by Gasteiger charge is -2.14. The topological polar surface area (TPSA) is 29.3 Å². The van der Waals surface area contributed by atoms with E-state index in [0.717, 1.165) is 16.7 Å². The van der Waals surface area contributed by atoms with Gasteiger partial charge in [0.25, 0.3) is 6.01 Å². The Balaban J connectivity index is 2.08. The van der Waals surface area contributed by atoms with E-state index in [1.54, 1.807) is 6.26 Å². The van der Waals surface area contributed by atoms with E-state index in [1.807, 2.05) is 24.1 Å². The number of halogens is 2. The quantitative estimate of drug-likeness (QED) is 0.803. The second kappa shape index (κ2) is 5.56. The third-order valence-corrected chi connectivity index (χ3v) is 3.08. The van der Waals surface area contributed by atoms with Gasteiger partial charge in [0.2, 0.25) is 0 Å². The molecule has 0 bridgehead atoms. The van der Waals surface area contributed by atoms with Gasteiger partial charge in [0.05, 0.1) is 11.6 Å². The standard InChI is InChI=1S/C12H12BrClN2O/c1-16(12-15-11(6-14)8-17-12)7-9-3-2-4-10(13)5-9/h2-5,8H,6-7H2,1H3. The predicted molar refractivity (Wildman–Crippen MR) is 72.3 cm³/mol. The van der Waals surface area contributed by atoms with E-state index in [4.69, 9.17) is 16.0 Å². The highest BCUT2D eigenvalue weighted by atomic mass is 79.9. The van der Waals surface area contributed by atoms with E-state index in [-0.39, 0.29) is 0 Å². The van der Waals surface area contributed by atoms with Gasteiger partial charge in [-0.2, -0.15) is 4.98 Å². The maximum absolute atomic E-state index is 5.68. The van der Waals surface area contributed by atoms with Crippen molar-refractivity contribution in [1.29, 1.82) is 0 Å². The molecule has 0 saturated carbocycles. The Morgan fingerprint density at radius 3 is 2.94 bits per heavy atom. The summed E-state index contributed by atoms with van der Waals surface area (Å²) in [6.07, 6.45) is 1.58. The molecule has 0 N–H and O–H groups in total. The molecule has 3 nitrogen and oxygen atoms in total. The molecule has 1 aromatic heterocycles. The van der Waals surface area contributed by atoms with Crippen molar-refractivity contribution in [2.45, 2.75) is 12.4 Å². The van der Waals surface area contributed by atoms with Crippen LogP contribution in [0.15, 0.2) is 39.4 Å². The zero-order valence-electron chi connectivity index (χ0n) is 9.36. The van der Waals surface area contributed by atoms with Crippen molar-refractivity contribution in [2.24, 2.45) is 0 Å². The molecule has 0 aliphatic rings. The Morgan fingerprint density at radius 2 is 2.29 bits per heavy atom. The van der Waals surface area contributed by atoms with Crippen molar-refractivity contribution in [2.75, 3.05) is 11.9 Å². The SMILES string of the molecule is CN(Cc1cccc(Br)c1)c1nc(CCl)co1. The van der Waals surface area contributed by atoms with Crippen LogP contribution < -0.4 is 4.90 Å². The van der Waals surface area contributed by atoms with Gasteiger partial charge in [-0.15, -0.1) is 11.6 Å². The minimum absolute atomic E-state index is 0.369. The molecular weight excluding hydrogens is 304 g/mol. The highest BCUT2D eigenvalue weighted by Gasteiger charge is 2.09. The Bertz CT molecular complexity index is 501. The van der Waals surface area contributed by atoms with Gasteiger partial charge >= 0.3 is 0 Å². The molecule has 17 heavy (non-hydrogen) atoms. The maximum Gasteiger partial charge on any atom is 0.297 e. The van der Waals surface area contributed by atoms with Crippen LogP contribution in [0.3, 0.4) is 0 Å². The molecule has 5 heteroatoms. The summed E-state index contributed by atoms with van der Waals surface area (Å²) in [5, 5.41) is 0. The molecule has 0 spiro atoms. The normalized spacial score (nSPS) is 10.5. The number of anilines is 1. The van der Waals surface area contributed by atoms with Gasteiger partial charge in [0, 0.05) is 18.1 Å². The lowest BCUT2D eigenvalue weighted by molar-refractivity contribution is 0.544. The maximum atomic E-state index is 5.68. The average Bonchev–Trinajstić information content (AvgIpc) is 2.77. The number of alkyl halides is 1. The van der Waals surface area contributed by atoms with Crippen LogP contribution in [0.5, 0.6) is 0 Å². The Kier molecular flexibility index (Phi) is 4.07. The van der Waals surface area contributed by atoms with Crippen molar-refractivity contribution in [3.05, 3.63) is 46.3 Å². The highest BCUT2D eigenvalue weighted by molar-refractivity contribution is 9.10. The van der Waals surface area contributed by atoms with E-state index in [2.05, 4.69) is 33.0 Å². The second-order valence-corrected chi connectivity index (χ2v) is 4.92. The summed E-state index contributed by atoms with van der Waals surface area (Å²) >= 11 is 9.13. The number of benzene rings is 1. The number of oxazole rings is 1. The molecule has 1 heterocycles. The van der Waals surface area contributed by atoms with Crippen molar-refractivity contribution in [3.8, 4) is 0 Å². The van der Waals surface area contributed by atoms with Crippen LogP contribution in [0.25, 0.3) is 0 Å².